The van der Waals surface area contributed by atoms with E-state index in [2.05, 4.69) is 26.2 Å². The molecule has 3 aromatic carbocycles. The molecule has 0 spiro atoms. The molecular weight excluding hydrogens is 442 g/mol. The van der Waals surface area contributed by atoms with Crippen molar-refractivity contribution in [2.24, 2.45) is 0 Å². The van der Waals surface area contributed by atoms with Crippen LogP contribution < -0.4 is 11.1 Å². The number of fused-ring (bicyclic) bond motifs is 2. The van der Waals surface area contributed by atoms with Crippen molar-refractivity contribution in [3.05, 3.63) is 79.3 Å². The summed E-state index contributed by atoms with van der Waals surface area (Å²) >= 11 is 3.38. The number of benzene rings is 3. The molecule has 0 aliphatic heterocycles. The molecule has 0 unspecified atom stereocenters. The van der Waals surface area contributed by atoms with E-state index >= 15 is 0 Å². The van der Waals surface area contributed by atoms with Crippen LogP contribution in [0, 0.1) is 20.2 Å². The lowest BCUT2D eigenvalue weighted by Crippen LogP contribution is -1.98. The smallest absolute Gasteiger partial charge is 0.271 e. The van der Waals surface area contributed by atoms with E-state index in [0.29, 0.717) is 37.7 Å². The minimum absolute atomic E-state index is 0.115. The Balaban J connectivity index is 2.00. The first kappa shape index (κ1) is 18.6. The molecule has 10 heteroatoms. The first-order valence-corrected chi connectivity index (χ1v) is 9.11. The second kappa shape index (κ2) is 6.99. The third kappa shape index (κ3) is 3.41. The number of hydrogen-bond acceptors (Lipinski definition) is 7. The molecule has 3 N–H and O–H groups in total. The van der Waals surface area contributed by atoms with Crippen LogP contribution in [0.1, 0.15) is 0 Å². The van der Waals surface area contributed by atoms with E-state index < -0.39 is 9.85 Å². The van der Waals surface area contributed by atoms with Gasteiger partial charge >= 0.3 is 0 Å². The molecule has 144 valence electrons. The van der Waals surface area contributed by atoms with Gasteiger partial charge in [0, 0.05) is 50.9 Å². The molecular formula is C19H12BrN5O4. The Morgan fingerprint density at radius 1 is 0.862 bits per heavy atom. The lowest BCUT2D eigenvalue weighted by atomic mass is 10.1. The van der Waals surface area contributed by atoms with Crippen molar-refractivity contribution in [3.8, 4) is 0 Å². The summed E-state index contributed by atoms with van der Waals surface area (Å²) in [5.74, 6) is 0. The van der Waals surface area contributed by atoms with Crippen molar-refractivity contribution < 1.29 is 9.85 Å². The van der Waals surface area contributed by atoms with Crippen LogP contribution in [-0.4, -0.2) is 14.8 Å². The molecule has 4 aromatic rings. The zero-order valence-electron chi connectivity index (χ0n) is 14.6. The van der Waals surface area contributed by atoms with E-state index in [1.807, 2.05) is 0 Å². The quantitative estimate of drug-likeness (QED) is 0.185. The normalized spacial score (nSPS) is 10.9. The SMILES string of the molecule is Nc1ccc(Nc2c3ccc([N+](=O)[O-])cc3nc3cc([N+](=O)[O-])ccc23)cc1Br. The number of halogens is 1. The van der Waals surface area contributed by atoms with Crippen LogP contribution in [-0.2, 0) is 0 Å². The van der Waals surface area contributed by atoms with Gasteiger partial charge in [-0.05, 0) is 46.3 Å². The Kier molecular flexibility index (Phi) is 4.47. The number of nitrogens with zero attached hydrogens (tertiary/aromatic N) is 3. The van der Waals surface area contributed by atoms with Crippen LogP contribution in [0.5, 0.6) is 0 Å². The molecule has 0 radical (unpaired) electrons. The summed E-state index contributed by atoms with van der Waals surface area (Å²) in [5.41, 5.74) is 8.24. The number of pyridine rings is 1. The van der Waals surface area contributed by atoms with Gasteiger partial charge in [0.2, 0.25) is 0 Å². The van der Waals surface area contributed by atoms with E-state index in [-0.39, 0.29) is 11.4 Å². The summed E-state index contributed by atoms with van der Waals surface area (Å²) < 4.78 is 0.705. The molecule has 0 saturated carbocycles. The fourth-order valence-electron chi connectivity index (χ4n) is 3.03. The summed E-state index contributed by atoms with van der Waals surface area (Å²) in [6.07, 6.45) is 0. The molecule has 1 aromatic heterocycles. The first-order valence-electron chi connectivity index (χ1n) is 8.32. The minimum atomic E-state index is -0.511. The monoisotopic (exact) mass is 453 g/mol. The van der Waals surface area contributed by atoms with Crippen molar-refractivity contribution in [1.82, 2.24) is 4.98 Å². The average Bonchev–Trinajstić information content (AvgIpc) is 2.69. The van der Waals surface area contributed by atoms with E-state index in [4.69, 9.17) is 5.73 Å². The van der Waals surface area contributed by atoms with Crippen molar-refractivity contribution in [2.75, 3.05) is 11.1 Å². The van der Waals surface area contributed by atoms with Gasteiger partial charge in [0.25, 0.3) is 11.4 Å². The lowest BCUT2D eigenvalue weighted by Gasteiger charge is -2.14. The number of nitrogen functional groups attached to an aromatic ring is 1. The summed E-state index contributed by atoms with van der Waals surface area (Å²) in [7, 11) is 0. The first-order chi connectivity index (χ1) is 13.8. The number of nitrogens with one attached hydrogen (secondary N) is 1. The highest BCUT2D eigenvalue weighted by Gasteiger charge is 2.16. The van der Waals surface area contributed by atoms with Crippen LogP contribution in [0.4, 0.5) is 28.4 Å². The summed E-state index contributed by atoms with van der Waals surface area (Å²) in [4.78, 5) is 25.7. The molecule has 29 heavy (non-hydrogen) atoms. The highest BCUT2D eigenvalue weighted by atomic mass is 79.9. The predicted octanol–water partition coefficient (Wildman–Crippen LogP) is 5.29. The number of hydrogen-bond donors (Lipinski definition) is 2. The van der Waals surface area contributed by atoms with Gasteiger partial charge < -0.3 is 11.1 Å². The van der Waals surface area contributed by atoms with E-state index in [9.17, 15) is 20.2 Å². The van der Waals surface area contributed by atoms with Crippen molar-refractivity contribution in [1.29, 1.82) is 0 Å². The van der Waals surface area contributed by atoms with Gasteiger partial charge in [-0.15, -0.1) is 0 Å². The summed E-state index contributed by atoms with van der Waals surface area (Å²) in [6, 6.07) is 14.0. The number of rotatable bonds is 4. The molecule has 0 bridgehead atoms. The predicted molar refractivity (Wildman–Crippen MR) is 114 cm³/mol. The third-order valence-electron chi connectivity index (χ3n) is 4.43. The second-order valence-electron chi connectivity index (χ2n) is 6.27. The second-order valence-corrected chi connectivity index (χ2v) is 7.12. The highest BCUT2D eigenvalue weighted by molar-refractivity contribution is 9.10. The molecule has 0 saturated heterocycles. The van der Waals surface area contributed by atoms with Crippen LogP contribution in [0.15, 0.2) is 59.1 Å². The average molecular weight is 454 g/mol. The molecule has 4 rings (SSSR count). The van der Waals surface area contributed by atoms with Gasteiger partial charge in [-0.2, -0.15) is 0 Å². The van der Waals surface area contributed by atoms with Gasteiger partial charge in [-0.25, -0.2) is 4.98 Å². The van der Waals surface area contributed by atoms with Gasteiger partial charge in [0.15, 0.2) is 0 Å². The van der Waals surface area contributed by atoms with Gasteiger partial charge in [-0.3, -0.25) is 20.2 Å². The Labute approximate surface area is 171 Å². The van der Waals surface area contributed by atoms with Gasteiger partial charge in [0.05, 0.1) is 26.6 Å². The number of non-ortho nitro benzene ring substituents is 2. The van der Waals surface area contributed by atoms with Crippen molar-refractivity contribution in [2.45, 2.75) is 0 Å². The zero-order chi connectivity index (χ0) is 20.7. The standard InChI is InChI=1S/C19H12BrN5O4/c20-15-7-10(1-6-16(15)21)22-19-13-4-2-11(24(26)27)8-17(13)23-18-9-12(25(28)29)3-5-14(18)19/h1-9H,21H2,(H,22,23). The van der Waals surface area contributed by atoms with Crippen LogP contribution in [0.2, 0.25) is 0 Å². The highest BCUT2D eigenvalue weighted by Crippen LogP contribution is 2.36. The molecule has 0 amide bonds. The van der Waals surface area contributed by atoms with Crippen LogP contribution in [0.25, 0.3) is 21.8 Å². The summed E-state index contributed by atoms with van der Waals surface area (Å²) in [5, 5.41) is 26.9. The van der Waals surface area contributed by atoms with E-state index in [1.165, 1.54) is 24.3 Å². The van der Waals surface area contributed by atoms with E-state index in [1.54, 1.807) is 30.3 Å². The Morgan fingerprint density at radius 3 is 1.90 bits per heavy atom. The number of nitro benzene ring substituents is 2. The fraction of sp³-hybridized carbons (Fsp3) is 0. The van der Waals surface area contributed by atoms with Crippen LogP contribution >= 0.6 is 15.9 Å². The van der Waals surface area contributed by atoms with Gasteiger partial charge in [-0.1, -0.05) is 0 Å². The molecule has 9 nitrogen and oxygen atoms in total. The summed E-state index contributed by atoms with van der Waals surface area (Å²) in [6.45, 7) is 0. The fourth-order valence-corrected chi connectivity index (χ4v) is 3.41. The maximum Gasteiger partial charge on any atom is 0.271 e. The van der Waals surface area contributed by atoms with Crippen molar-refractivity contribution in [3.63, 3.8) is 0 Å². The van der Waals surface area contributed by atoms with Gasteiger partial charge in [0.1, 0.15) is 0 Å². The maximum absolute atomic E-state index is 11.2. The maximum atomic E-state index is 11.2. The molecule has 0 aliphatic rings. The minimum Gasteiger partial charge on any atom is -0.398 e. The Morgan fingerprint density at radius 2 is 1.41 bits per heavy atom. The number of anilines is 3. The zero-order valence-corrected chi connectivity index (χ0v) is 16.2. The number of nitro groups is 2. The van der Waals surface area contributed by atoms with Crippen molar-refractivity contribution >= 4 is 66.2 Å². The topological polar surface area (TPSA) is 137 Å². The third-order valence-corrected chi connectivity index (χ3v) is 5.12. The molecule has 1 heterocycles. The van der Waals surface area contributed by atoms with E-state index in [0.717, 1.165) is 5.69 Å². The molecule has 0 aliphatic carbocycles. The molecule has 0 atom stereocenters. The lowest BCUT2D eigenvalue weighted by molar-refractivity contribution is -0.384. The largest absolute Gasteiger partial charge is 0.398 e. The number of aromatic nitrogens is 1. The van der Waals surface area contributed by atoms with Crippen LogP contribution in [0.3, 0.4) is 0 Å². The molecule has 0 fully saturated rings. The Bertz CT molecular complexity index is 1250. The Hall–Kier alpha value is -3.79. The number of nitrogens with two attached hydrogens (primary N) is 1.